The van der Waals surface area contributed by atoms with Crippen molar-refractivity contribution in [3.05, 3.63) is 0 Å². The van der Waals surface area contributed by atoms with Gasteiger partial charge in [0.15, 0.2) is 0 Å². The van der Waals surface area contributed by atoms with Crippen LogP contribution in [0.3, 0.4) is 0 Å². The van der Waals surface area contributed by atoms with Crippen LogP contribution in [0.15, 0.2) is 4.99 Å². The zero-order chi connectivity index (χ0) is 9.90. The lowest BCUT2D eigenvalue weighted by molar-refractivity contribution is -0.00807. The molecule has 0 bridgehead atoms. The van der Waals surface area contributed by atoms with Crippen LogP contribution in [0.5, 0.6) is 0 Å². The summed E-state index contributed by atoms with van der Waals surface area (Å²) < 4.78 is 0. The Bertz CT molecular complexity index is 179. The smallest absolute Gasteiger partial charge is 0.0644 e. The Kier molecular flexibility index (Phi) is 3.45. The Labute approximate surface area is 80.5 Å². The maximum atomic E-state index is 9.74. The first-order chi connectivity index (χ1) is 6.05. The molecule has 1 heterocycles. The standard InChI is InChI=1S/C10H20N2O/c1-9(8-11-3)12-6-4-10(2,13)5-7-12/h8-9,13H,4-7H2,1-3H3. The van der Waals surface area contributed by atoms with Crippen molar-refractivity contribution in [1.29, 1.82) is 0 Å². The minimum Gasteiger partial charge on any atom is -0.390 e. The molecule has 3 nitrogen and oxygen atoms in total. The highest BCUT2D eigenvalue weighted by molar-refractivity contribution is 5.63. The molecule has 0 radical (unpaired) electrons. The Morgan fingerprint density at radius 3 is 2.46 bits per heavy atom. The minimum atomic E-state index is -0.445. The molecule has 1 atom stereocenters. The lowest BCUT2D eigenvalue weighted by Gasteiger charge is -2.37. The van der Waals surface area contributed by atoms with Crippen molar-refractivity contribution in [2.24, 2.45) is 4.99 Å². The van der Waals surface area contributed by atoms with Crippen LogP contribution in [0.1, 0.15) is 26.7 Å². The van der Waals surface area contributed by atoms with Gasteiger partial charge in [-0.15, -0.1) is 0 Å². The van der Waals surface area contributed by atoms with Crippen LogP contribution in [0.25, 0.3) is 0 Å². The van der Waals surface area contributed by atoms with E-state index >= 15 is 0 Å². The quantitative estimate of drug-likeness (QED) is 0.648. The van der Waals surface area contributed by atoms with Crippen LogP contribution < -0.4 is 0 Å². The molecule has 0 aliphatic carbocycles. The number of aliphatic hydroxyl groups is 1. The molecule has 0 aromatic carbocycles. The van der Waals surface area contributed by atoms with Gasteiger partial charge in [-0.25, -0.2) is 0 Å². The number of nitrogens with zero attached hydrogens (tertiary/aromatic N) is 2. The molecule has 1 fully saturated rings. The fourth-order valence-electron chi connectivity index (χ4n) is 1.72. The molecule has 0 aromatic rings. The molecule has 13 heavy (non-hydrogen) atoms. The summed E-state index contributed by atoms with van der Waals surface area (Å²) in [4.78, 5) is 6.37. The summed E-state index contributed by atoms with van der Waals surface area (Å²) in [6.45, 7) is 6.01. The van der Waals surface area contributed by atoms with E-state index in [1.54, 1.807) is 7.05 Å². The van der Waals surface area contributed by atoms with Crippen molar-refractivity contribution in [3.63, 3.8) is 0 Å². The summed E-state index contributed by atoms with van der Waals surface area (Å²) in [5, 5.41) is 9.74. The van der Waals surface area contributed by atoms with Crippen molar-refractivity contribution in [3.8, 4) is 0 Å². The van der Waals surface area contributed by atoms with Gasteiger partial charge in [-0.2, -0.15) is 0 Å². The van der Waals surface area contributed by atoms with Crippen molar-refractivity contribution in [1.82, 2.24) is 4.90 Å². The van der Waals surface area contributed by atoms with Crippen LogP contribution in [0.4, 0.5) is 0 Å². The second-order valence-electron chi connectivity index (χ2n) is 4.18. The number of likely N-dealkylation sites (tertiary alicyclic amines) is 1. The fraction of sp³-hybridized carbons (Fsp3) is 0.900. The van der Waals surface area contributed by atoms with Gasteiger partial charge in [0, 0.05) is 32.4 Å². The van der Waals surface area contributed by atoms with Crippen LogP contribution in [0, 0.1) is 0 Å². The molecule has 1 saturated heterocycles. The molecular weight excluding hydrogens is 164 g/mol. The van der Waals surface area contributed by atoms with E-state index in [2.05, 4.69) is 16.8 Å². The zero-order valence-electron chi connectivity index (χ0n) is 8.82. The normalized spacial score (nSPS) is 26.5. The molecule has 0 amide bonds. The summed E-state index contributed by atoms with van der Waals surface area (Å²) in [5.74, 6) is 0. The lowest BCUT2D eigenvalue weighted by Crippen LogP contribution is -2.46. The Balaban J connectivity index is 2.40. The summed E-state index contributed by atoms with van der Waals surface area (Å²) in [5.41, 5.74) is -0.445. The van der Waals surface area contributed by atoms with E-state index in [1.165, 1.54) is 0 Å². The highest BCUT2D eigenvalue weighted by Gasteiger charge is 2.28. The summed E-state index contributed by atoms with van der Waals surface area (Å²) in [7, 11) is 1.80. The zero-order valence-corrected chi connectivity index (χ0v) is 8.82. The average molecular weight is 184 g/mol. The monoisotopic (exact) mass is 184 g/mol. The molecule has 1 aliphatic heterocycles. The van der Waals surface area contributed by atoms with E-state index in [0.29, 0.717) is 6.04 Å². The summed E-state index contributed by atoms with van der Waals surface area (Å²) in [6, 6.07) is 0.404. The van der Waals surface area contributed by atoms with Crippen molar-refractivity contribution in [2.45, 2.75) is 38.3 Å². The number of piperidine rings is 1. The van der Waals surface area contributed by atoms with E-state index in [4.69, 9.17) is 0 Å². The third-order valence-electron chi connectivity index (χ3n) is 2.82. The van der Waals surface area contributed by atoms with E-state index < -0.39 is 5.60 Å². The van der Waals surface area contributed by atoms with Gasteiger partial charge in [-0.1, -0.05) is 0 Å². The maximum Gasteiger partial charge on any atom is 0.0644 e. The molecule has 0 spiro atoms. The third kappa shape index (κ3) is 3.08. The van der Waals surface area contributed by atoms with Gasteiger partial charge < -0.3 is 5.11 Å². The Hall–Kier alpha value is -0.410. The van der Waals surface area contributed by atoms with Crippen molar-refractivity contribution >= 4 is 6.21 Å². The van der Waals surface area contributed by atoms with Crippen LogP contribution in [-0.4, -0.2) is 48.0 Å². The Morgan fingerprint density at radius 2 is 2.00 bits per heavy atom. The number of hydrogen-bond acceptors (Lipinski definition) is 3. The van der Waals surface area contributed by atoms with Crippen molar-refractivity contribution in [2.75, 3.05) is 20.1 Å². The van der Waals surface area contributed by atoms with Crippen LogP contribution >= 0.6 is 0 Å². The molecule has 76 valence electrons. The van der Waals surface area contributed by atoms with E-state index in [9.17, 15) is 5.11 Å². The lowest BCUT2D eigenvalue weighted by atomic mass is 9.93. The van der Waals surface area contributed by atoms with Gasteiger partial charge in [0.05, 0.1) is 5.60 Å². The largest absolute Gasteiger partial charge is 0.390 e. The highest BCUT2D eigenvalue weighted by Crippen LogP contribution is 2.21. The maximum absolute atomic E-state index is 9.74. The summed E-state index contributed by atoms with van der Waals surface area (Å²) >= 11 is 0. The second kappa shape index (κ2) is 4.20. The van der Waals surface area contributed by atoms with Gasteiger partial charge in [0.2, 0.25) is 0 Å². The SMILES string of the molecule is CN=CC(C)N1CCC(C)(O)CC1. The molecular formula is C10H20N2O. The van der Waals surface area contributed by atoms with Gasteiger partial charge in [0.25, 0.3) is 0 Å². The van der Waals surface area contributed by atoms with Crippen molar-refractivity contribution < 1.29 is 5.11 Å². The fourth-order valence-corrected chi connectivity index (χ4v) is 1.72. The molecule has 1 aliphatic rings. The topological polar surface area (TPSA) is 35.8 Å². The summed E-state index contributed by atoms with van der Waals surface area (Å²) in [6.07, 6.45) is 3.70. The highest BCUT2D eigenvalue weighted by atomic mass is 16.3. The van der Waals surface area contributed by atoms with E-state index in [0.717, 1.165) is 25.9 Å². The van der Waals surface area contributed by atoms with Crippen LogP contribution in [0.2, 0.25) is 0 Å². The van der Waals surface area contributed by atoms with E-state index in [1.807, 2.05) is 13.1 Å². The molecule has 0 aromatic heterocycles. The third-order valence-corrected chi connectivity index (χ3v) is 2.82. The van der Waals surface area contributed by atoms with E-state index in [-0.39, 0.29) is 0 Å². The first kappa shape index (κ1) is 10.7. The molecule has 1 unspecified atom stereocenters. The number of rotatable bonds is 2. The average Bonchev–Trinajstić information content (AvgIpc) is 2.04. The Morgan fingerprint density at radius 1 is 1.46 bits per heavy atom. The minimum absolute atomic E-state index is 0.404. The van der Waals surface area contributed by atoms with Crippen LogP contribution in [-0.2, 0) is 0 Å². The molecule has 0 saturated carbocycles. The predicted molar refractivity (Wildman–Crippen MR) is 55.3 cm³/mol. The van der Waals surface area contributed by atoms with Gasteiger partial charge in [0.1, 0.15) is 0 Å². The molecule has 3 heteroatoms. The van der Waals surface area contributed by atoms with Gasteiger partial charge >= 0.3 is 0 Å². The number of hydrogen-bond donors (Lipinski definition) is 1. The van der Waals surface area contributed by atoms with Gasteiger partial charge in [-0.3, -0.25) is 9.89 Å². The molecule has 1 rings (SSSR count). The second-order valence-corrected chi connectivity index (χ2v) is 4.18. The predicted octanol–water partition coefficient (Wildman–Crippen LogP) is 0.922. The first-order valence-corrected chi connectivity index (χ1v) is 4.94. The number of aliphatic imine (C=N–C) groups is 1. The molecule has 1 N–H and O–H groups in total. The first-order valence-electron chi connectivity index (χ1n) is 4.94. The van der Waals surface area contributed by atoms with Gasteiger partial charge in [-0.05, 0) is 26.7 Å².